The molecule has 0 aliphatic carbocycles. The molecule has 1 amide bonds. The van der Waals surface area contributed by atoms with E-state index in [0.29, 0.717) is 5.75 Å². The molecule has 1 heterocycles. The molecule has 0 radical (unpaired) electrons. The molecule has 10 heteroatoms. The monoisotopic (exact) mass is 376 g/mol. The van der Waals surface area contributed by atoms with Gasteiger partial charge in [0.1, 0.15) is 5.75 Å². The summed E-state index contributed by atoms with van der Waals surface area (Å²) in [6, 6.07) is 4.79. The van der Waals surface area contributed by atoms with E-state index in [0.717, 1.165) is 0 Å². The average molecular weight is 376 g/mol. The Kier molecular flexibility index (Phi) is 5.51. The minimum Gasteiger partial charge on any atom is -0.497 e. The lowest BCUT2D eigenvalue weighted by Gasteiger charge is -2.29. The number of ether oxygens (including phenoxy) is 1. The molecule has 0 spiro atoms. The number of rotatable bonds is 5. The third kappa shape index (κ3) is 4.46. The fourth-order valence-electron chi connectivity index (χ4n) is 2.31. The number of nitrogens with zero attached hydrogens (tertiary/aromatic N) is 1. The fourth-order valence-corrected chi connectivity index (χ4v) is 4.71. The minimum atomic E-state index is -3.86. The molecule has 1 aromatic rings. The zero-order valence-corrected chi connectivity index (χ0v) is 15.1. The third-order valence-electron chi connectivity index (χ3n) is 3.73. The molecule has 1 saturated heterocycles. The molecule has 1 fully saturated rings. The predicted molar refractivity (Wildman–Crippen MR) is 88.0 cm³/mol. The van der Waals surface area contributed by atoms with Crippen LogP contribution in [0.5, 0.6) is 5.75 Å². The molecule has 1 atom stereocenters. The van der Waals surface area contributed by atoms with Crippen LogP contribution in [0.2, 0.25) is 0 Å². The number of hydrogen-bond donors (Lipinski definition) is 1. The quantitative estimate of drug-likeness (QED) is 0.750. The molecule has 0 aromatic heterocycles. The van der Waals surface area contributed by atoms with E-state index in [9.17, 15) is 21.6 Å². The van der Waals surface area contributed by atoms with Crippen molar-refractivity contribution in [2.24, 2.45) is 0 Å². The maximum atomic E-state index is 12.3. The number of benzene rings is 1. The first-order chi connectivity index (χ1) is 11.1. The Labute approximate surface area is 141 Å². The van der Waals surface area contributed by atoms with Gasteiger partial charge in [0.2, 0.25) is 15.9 Å². The van der Waals surface area contributed by atoms with Gasteiger partial charge in [0.05, 0.1) is 29.6 Å². The number of amides is 1. The summed E-state index contributed by atoms with van der Waals surface area (Å²) >= 11 is 0. The van der Waals surface area contributed by atoms with Gasteiger partial charge in [-0.2, -0.15) is 4.72 Å². The Hall–Kier alpha value is -1.65. The van der Waals surface area contributed by atoms with Gasteiger partial charge in [-0.1, -0.05) is 0 Å². The molecule has 0 saturated carbocycles. The zero-order chi connectivity index (χ0) is 18.0. The van der Waals surface area contributed by atoms with Crippen LogP contribution < -0.4 is 9.46 Å². The summed E-state index contributed by atoms with van der Waals surface area (Å²) in [5, 5.41) is 0. The molecule has 134 valence electrons. The Morgan fingerprint density at radius 2 is 1.75 bits per heavy atom. The highest BCUT2D eigenvalue weighted by atomic mass is 32.2. The first-order valence-corrected chi connectivity index (χ1v) is 10.6. The standard InChI is InChI=1S/C14H20N2O6S2/c1-11(14(17)16-7-9-23(18,19)10-8-16)15-24(20,21)13-5-3-12(22-2)4-6-13/h3-6,11,15H,7-10H2,1-2H3/t11-/m0/s1. The Balaban J connectivity index is 2.04. The van der Waals surface area contributed by atoms with Gasteiger partial charge in [-0.05, 0) is 31.2 Å². The second kappa shape index (κ2) is 7.08. The Morgan fingerprint density at radius 3 is 2.25 bits per heavy atom. The number of carbonyl (C=O) groups is 1. The average Bonchev–Trinajstić information content (AvgIpc) is 2.54. The summed E-state index contributed by atoms with van der Waals surface area (Å²) in [5.41, 5.74) is 0. The van der Waals surface area contributed by atoms with Gasteiger partial charge in [0, 0.05) is 13.1 Å². The van der Waals surface area contributed by atoms with Crippen molar-refractivity contribution in [2.75, 3.05) is 31.7 Å². The number of methoxy groups -OCH3 is 1. The van der Waals surface area contributed by atoms with Crippen molar-refractivity contribution in [3.63, 3.8) is 0 Å². The molecule has 0 unspecified atom stereocenters. The second-order valence-electron chi connectivity index (χ2n) is 5.50. The third-order valence-corrected chi connectivity index (χ3v) is 6.89. The van der Waals surface area contributed by atoms with E-state index >= 15 is 0 Å². The van der Waals surface area contributed by atoms with Crippen molar-refractivity contribution in [1.29, 1.82) is 0 Å². The van der Waals surface area contributed by atoms with Gasteiger partial charge in [-0.3, -0.25) is 4.79 Å². The Morgan fingerprint density at radius 1 is 1.21 bits per heavy atom. The molecular formula is C14H20N2O6S2. The van der Waals surface area contributed by atoms with Gasteiger partial charge in [-0.25, -0.2) is 16.8 Å². The summed E-state index contributed by atoms with van der Waals surface area (Å²) < 4.78 is 54.7. The van der Waals surface area contributed by atoms with E-state index in [2.05, 4.69) is 4.72 Å². The Bertz CT molecular complexity index is 788. The van der Waals surface area contributed by atoms with Crippen LogP contribution in [0, 0.1) is 0 Å². The number of nitrogens with one attached hydrogen (secondary N) is 1. The number of carbonyl (C=O) groups excluding carboxylic acids is 1. The predicted octanol–water partition coefficient (Wildman–Crippen LogP) is -0.381. The molecule has 1 aliphatic heterocycles. The molecular weight excluding hydrogens is 356 g/mol. The maximum absolute atomic E-state index is 12.3. The van der Waals surface area contributed by atoms with Crippen LogP contribution in [-0.4, -0.2) is 65.4 Å². The first-order valence-electron chi connectivity index (χ1n) is 7.30. The van der Waals surface area contributed by atoms with E-state index in [1.807, 2.05) is 0 Å². The molecule has 8 nitrogen and oxygen atoms in total. The highest BCUT2D eigenvalue weighted by molar-refractivity contribution is 7.91. The van der Waals surface area contributed by atoms with E-state index in [-0.39, 0.29) is 29.5 Å². The first kappa shape index (κ1) is 18.7. The molecule has 24 heavy (non-hydrogen) atoms. The zero-order valence-electron chi connectivity index (χ0n) is 13.4. The topological polar surface area (TPSA) is 110 Å². The molecule has 0 bridgehead atoms. The molecule has 1 N–H and O–H groups in total. The maximum Gasteiger partial charge on any atom is 0.241 e. The van der Waals surface area contributed by atoms with Crippen LogP contribution in [0.25, 0.3) is 0 Å². The highest BCUT2D eigenvalue weighted by Crippen LogP contribution is 2.16. The van der Waals surface area contributed by atoms with Crippen LogP contribution in [0.15, 0.2) is 29.2 Å². The van der Waals surface area contributed by atoms with Crippen LogP contribution in [0.4, 0.5) is 0 Å². The number of hydrogen-bond acceptors (Lipinski definition) is 6. The van der Waals surface area contributed by atoms with Crippen LogP contribution in [-0.2, 0) is 24.7 Å². The highest BCUT2D eigenvalue weighted by Gasteiger charge is 2.30. The normalized spacial score (nSPS) is 18.8. The molecule has 2 rings (SSSR count). The van der Waals surface area contributed by atoms with Crippen molar-refractivity contribution < 1.29 is 26.4 Å². The lowest BCUT2D eigenvalue weighted by Crippen LogP contribution is -2.51. The van der Waals surface area contributed by atoms with Crippen LogP contribution in [0.3, 0.4) is 0 Å². The smallest absolute Gasteiger partial charge is 0.241 e. The van der Waals surface area contributed by atoms with Gasteiger partial charge >= 0.3 is 0 Å². The second-order valence-corrected chi connectivity index (χ2v) is 9.51. The van der Waals surface area contributed by atoms with E-state index < -0.39 is 31.8 Å². The summed E-state index contributed by atoms with van der Waals surface area (Å²) in [5.74, 6) is -0.123. The van der Waals surface area contributed by atoms with Crippen LogP contribution >= 0.6 is 0 Å². The molecule has 1 aliphatic rings. The van der Waals surface area contributed by atoms with Gasteiger partial charge in [0.25, 0.3) is 0 Å². The van der Waals surface area contributed by atoms with E-state index in [1.165, 1.54) is 43.2 Å². The number of sulfone groups is 1. The van der Waals surface area contributed by atoms with Crippen molar-refractivity contribution in [3.8, 4) is 5.75 Å². The van der Waals surface area contributed by atoms with E-state index in [4.69, 9.17) is 4.74 Å². The largest absolute Gasteiger partial charge is 0.497 e. The van der Waals surface area contributed by atoms with Crippen molar-refractivity contribution in [3.05, 3.63) is 24.3 Å². The van der Waals surface area contributed by atoms with Crippen molar-refractivity contribution >= 4 is 25.8 Å². The lowest BCUT2D eigenvalue weighted by molar-refractivity contribution is -0.132. The molecule has 1 aromatic carbocycles. The van der Waals surface area contributed by atoms with Crippen molar-refractivity contribution in [2.45, 2.75) is 17.9 Å². The summed E-state index contributed by atoms with van der Waals surface area (Å²) in [6.45, 7) is 1.60. The minimum absolute atomic E-state index is 0.0178. The van der Waals surface area contributed by atoms with Gasteiger partial charge in [0.15, 0.2) is 9.84 Å². The summed E-state index contributed by atoms with van der Waals surface area (Å²) in [6.07, 6.45) is 0. The fraction of sp³-hybridized carbons (Fsp3) is 0.500. The lowest BCUT2D eigenvalue weighted by atomic mass is 10.3. The van der Waals surface area contributed by atoms with Crippen molar-refractivity contribution in [1.82, 2.24) is 9.62 Å². The SMILES string of the molecule is COc1ccc(S(=O)(=O)N[C@@H](C)C(=O)N2CCS(=O)(=O)CC2)cc1. The van der Waals surface area contributed by atoms with Gasteiger partial charge in [-0.15, -0.1) is 0 Å². The van der Waals surface area contributed by atoms with E-state index in [1.54, 1.807) is 0 Å². The van der Waals surface area contributed by atoms with Crippen LogP contribution in [0.1, 0.15) is 6.92 Å². The summed E-state index contributed by atoms with van der Waals surface area (Å²) in [4.78, 5) is 13.7. The summed E-state index contributed by atoms with van der Waals surface area (Å²) in [7, 11) is -5.49. The number of sulfonamides is 1. The van der Waals surface area contributed by atoms with Gasteiger partial charge < -0.3 is 9.64 Å².